The molecule has 2 aromatic carbocycles. The van der Waals surface area contributed by atoms with E-state index in [0.717, 1.165) is 6.20 Å². The van der Waals surface area contributed by atoms with Crippen LogP contribution in [0.15, 0.2) is 77.8 Å². The third kappa shape index (κ3) is 7.71. The van der Waals surface area contributed by atoms with Gasteiger partial charge >= 0.3 is 5.97 Å². The van der Waals surface area contributed by atoms with Crippen molar-refractivity contribution in [3.05, 3.63) is 95.3 Å². The first kappa shape index (κ1) is 27.5. The Labute approximate surface area is 216 Å². The molecule has 0 aliphatic carbocycles. The molecule has 0 fully saturated rings. The SMILES string of the molecule is CCC(CC)OC(=O)c1ccc(C(=O)NS(=O)(=O)c2cccc(CCNC(=O)c3ccccc3)c2)cn1. The minimum Gasteiger partial charge on any atom is -0.458 e. The first-order valence-electron chi connectivity index (χ1n) is 11.9. The van der Waals surface area contributed by atoms with Gasteiger partial charge in [-0.2, -0.15) is 0 Å². The van der Waals surface area contributed by atoms with E-state index in [2.05, 4.69) is 10.3 Å². The maximum absolute atomic E-state index is 12.8. The number of sulfonamides is 1. The van der Waals surface area contributed by atoms with E-state index in [4.69, 9.17) is 4.74 Å². The number of nitrogens with zero attached hydrogens (tertiary/aromatic N) is 1. The van der Waals surface area contributed by atoms with Gasteiger partial charge in [-0.1, -0.05) is 44.2 Å². The van der Waals surface area contributed by atoms with Crippen LogP contribution in [0.2, 0.25) is 0 Å². The molecule has 3 rings (SSSR count). The van der Waals surface area contributed by atoms with Crippen molar-refractivity contribution in [1.82, 2.24) is 15.0 Å². The van der Waals surface area contributed by atoms with Crippen molar-refractivity contribution in [2.75, 3.05) is 6.54 Å². The van der Waals surface area contributed by atoms with Gasteiger partial charge in [0.1, 0.15) is 11.8 Å². The van der Waals surface area contributed by atoms with Crippen LogP contribution in [-0.2, 0) is 21.2 Å². The van der Waals surface area contributed by atoms with Gasteiger partial charge in [-0.3, -0.25) is 9.59 Å². The van der Waals surface area contributed by atoms with Crippen LogP contribution >= 0.6 is 0 Å². The van der Waals surface area contributed by atoms with Crippen LogP contribution in [0, 0.1) is 0 Å². The number of rotatable bonds is 11. The second kappa shape index (κ2) is 12.8. The van der Waals surface area contributed by atoms with E-state index in [1.54, 1.807) is 36.4 Å². The van der Waals surface area contributed by atoms with E-state index in [0.29, 0.717) is 36.9 Å². The molecule has 1 aromatic heterocycles. The van der Waals surface area contributed by atoms with Crippen LogP contribution in [0.1, 0.15) is 63.5 Å². The highest BCUT2D eigenvalue weighted by molar-refractivity contribution is 7.90. The van der Waals surface area contributed by atoms with Crippen LogP contribution in [0.4, 0.5) is 0 Å². The van der Waals surface area contributed by atoms with Crippen molar-refractivity contribution < 1.29 is 27.5 Å². The molecule has 0 saturated carbocycles. The number of nitrogens with one attached hydrogen (secondary N) is 2. The fraction of sp³-hybridized carbons (Fsp3) is 0.259. The molecular weight excluding hydrogens is 494 g/mol. The Balaban J connectivity index is 1.60. The van der Waals surface area contributed by atoms with Crippen molar-refractivity contribution in [3.63, 3.8) is 0 Å². The van der Waals surface area contributed by atoms with Gasteiger partial charge in [-0.05, 0) is 61.2 Å². The van der Waals surface area contributed by atoms with Gasteiger partial charge in [0.25, 0.3) is 21.8 Å². The number of benzene rings is 2. The first-order valence-corrected chi connectivity index (χ1v) is 13.4. The van der Waals surface area contributed by atoms with E-state index in [1.165, 1.54) is 24.3 Å². The summed E-state index contributed by atoms with van der Waals surface area (Å²) in [6.45, 7) is 4.12. The quantitative estimate of drug-likeness (QED) is 0.368. The van der Waals surface area contributed by atoms with Crippen molar-refractivity contribution in [1.29, 1.82) is 0 Å². The lowest BCUT2D eigenvalue weighted by Gasteiger charge is -2.13. The molecule has 1 heterocycles. The first-order chi connectivity index (χ1) is 17.7. The molecule has 9 nitrogen and oxygen atoms in total. The van der Waals surface area contributed by atoms with Gasteiger partial charge < -0.3 is 10.1 Å². The summed E-state index contributed by atoms with van der Waals surface area (Å²) in [5.41, 5.74) is 1.21. The molecule has 0 saturated heterocycles. The summed E-state index contributed by atoms with van der Waals surface area (Å²) in [5.74, 6) is -1.71. The number of hydrogen-bond donors (Lipinski definition) is 2. The molecule has 2 N–H and O–H groups in total. The second-order valence-electron chi connectivity index (χ2n) is 8.23. The number of carbonyl (C=O) groups is 3. The molecule has 0 aliphatic heterocycles. The summed E-state index contributed by atoms with van der Waals surface area (Å²) < 4.78 is 32.9. The van der Waals surface area contributed by atoms with Crippen LogP contribution in [0.3, 0.4) is 0 Å². The van der Waals surface area contributed by atoms with Gasteiger partial charge in [-0.15, -0.1) is 0 Å². The van der Waals surface area contributed by atoms with E-state index >= 15 is 0 Å². The molecule has 194 valence electrons. The van der Waals surface area contributed by atoms with Gasteiger partial charge in [-0.25, -0.2) is 22.9 Å². The second-order valence-corrected chi connectivity index (χ2v) is 9.91. The van der Waals surface area contributed by atoms with Crippen LogP contribution < -0.4 is 10.0 Å². The highest BCUT2D eigenvalue weighted by Crippen LogP contribution is 2.14. The van der Waals surface area contributed by atoms with Gasteiger partial charge in [0.2, 0.25) is 0 Å². The van der Waals surface area contributed by atoms with Crippen molar-refractivity contribution in [2.45, 2.75) is 44.1 Å². The molecule has 0 aliphatic rings. The monoisotopic (exact) mass is 523 g/mol. The van der Waals surface area contributed by atoms with Crippen LogP contribution in [0.5, 0.6) is 0 Å². The lowest BCUT2D eigenvalue weighted by Crippen LogP contribution is -2.31. The molecule has 0 bridgehead atoms. The van der Waals surface area contributed by atoms with Crippen molar-refractivity contribution in [2.24, 2.45) is 0 Å². The van der Waals surface area contributed by atoms with Gasteiger partial charge in [0.05, 0.1) is 10.5 Å². The van der Waals surface area contributed by atoms with E-state index in [-0.39, 0.29) is 28.2 Å². The summed E-state index contributed by atoms with van der Waals surface area (Å²) in [4.78, 5) is 40.8. The summed E-state index contributed by atoms with van der Waals surface area (Å²) >= 11 is 0. The number of carbonyl (C=O) groups excluding carboxylic acids is 3. The smallest absolute Gasteiger partial charge is 0.357 e. The number of aromatic nitrogens is 1. The average Bonchev–Trinajstić information content (AvgIpc) is 2.92. The predicted octanol–water partition coefficient (Wildman–Crippen LogP) is 3.52. The Hall–Kier alpha value is -4.05. The van der Waals surface area contributed by atoms with Crippen molar-refractivity contribution >= 4 is 27.8 Å². The third-order valence-electron chi connectivity index (χ3n) is 5.59. The number of esters is 1. The van der Waals surface area contributed by atoms with E-state index in [1.807, 2.05) is 24.6 Å². The fourth-order valence-electron chi connectivity index (χ4n) is 3.44. The Morgan fingerprint density at radius 3 is 2.27 bits per heavy atom. The topological polar surface area (TPSA) is 132 Å². The number of amides is 2. The summed E-state index contributed by atoms with van der Waals surface area (Å²) in [6, 6.07) is 17.5. The zero-order valence-electron chi connectivity index (χ0n) is 20.6. The standard InChI is InChI=1S/C27H29N3O6S/c1-3-22(4-2)36-27(33)24-14-13-21(18-29-24)26(32)30-37(34,35)23-12-8-9-19(17-23)15-16-28-25(31)20-10-6-5-7-11-20/h5-14,17-18,22H,3-4,15-16H2,1-2H3,(H,28,31)(H,30,32). The summed E-state index contributed by atoms with van der Waals surface area (Å²) in [7, 11) is -4.17. The summed E-state index contributed by atoms with van der Waals surface area (Å²) in [6.07, 6.45) is 2.64. The van der Waals surface area contributed by atoms with Gasteiger partial charge in [0, 0.05) is 18.3 Å². The zero-order chi connectivity index (χ0) is 26.8. The highest BCUT2D eigenvalue weighted by atomic mass is 32.2. The molecule has 2 amide bonds. The molecule has 0 atom stereocenters. The van der Waals surface area contributed by atoms with E-state index in [9.17, 15) is 22.8 Å². The fourth-order valence-corrected chi connectivity index (χ4v) is 4.48. The van der Waals surface area contributed by atoms with Crippen LogP contribution in [0.25, 0.3) is 0 Å². The Morgan fingerprint density at radius 1 is 0.892 bits per heavy atom. The Morgan fingerprint density at radius 2 is 1.62 bits per heavy atom. The molecule has 0 radical (unpaired) electrons. The number of ether oxygens (including phenoxy) is 1. The Kier molecular flexibility index (Phi) is 9.51. The van der Waals surface area contributed by atoms with E-state index < -0.39 is 21.9 Å². The normalized spacial score (nSPS) is 11.1. The summed E-state index contributed by atoms with van der Waals surface area (Å²) in [5, 5.41) is 2.79. The number of hydrogen-bond acceptors (Lipinski definition) is 7. The largest absolute Gasteiger partial charge is 0.458 e. The molecular formula is C27H29N3O6S. The Bertz CT molecular complexity index is 1340. The maximum atomic E-state index is 12.8. The average molecular weight is 524 g/mol. The number of pyridine rings is 1. The lowest BCUT2D eigenvalue weighted by molar-refractivity contribution is 0.0277. The lowest BCUT2D eigenvalue weighted by atomic mass is 10.1. The predicted molar refractivity (Wildman–Crippen MR) is 138 cm³/mol. The minimum absolute atomic E-state index is 0.0255. The molecule has 37 heavy (non-hydrogen) atoms. The molecule has 0 spiro atoms. The molecule has 3 aromatic rings. The van der Waals surface area contributed by atoms with Crippen molar-refractivity contribution in [3.8, 4) is 0 Å². The van der Waals surface area contributed by atoms with Crippen LogP contribution in [-0.4, -0.2) is 43.8 Å². The third-order valence-corrected chi connectivity index (χ3v) is 6.92. The molecule has 10 heteroatoms. The minimum atomic E-state index is -4.17. The maximum Gasteiger partial charge on any atom is 0.357 e. The molecule has 0 unspecified atom stereocenters. The highest BCUT2D eigenvalue weighted by Gasteiger charge is 2.20. The zero-order valence-corrected chi connectivity index (χ0v) is 21.5. The van der Waals surface area contributed by atoms with Gasteiger partial charge in [0.15, 0.2) is 0 Å².